The number of ketones is 1. The van der Waals surface area contributed by atoms with Crippen molar-refractivity contribution in [1.29, 1.82) is 0 Å². The molecule has 0 aliphatic rings. The van der Waals surface area contributed by atoms with Crippen molar-refractivity contribution < 1.29 is 9.00 Å². The fourth-order valence-electron chi connectivity index (χ4n) is 3.75. The van der Waals surface area contributed by atoms with Crippen molar-refractivity contribution in [3.05, 3.63) is 83.4 Å². The van der Waals surface area contributed by atoms with Crippen LogP contribution in [-0.4, -0.2) is 11.5 Å². The normalized spacial score (nSPS) is 11.9. The first-order valence-corrected chi connectivity index (χ1v) is 11.6. The molecule has 0 heterocycles. The van der Waals surface area contributed by atoms with Gasteiger partial charge in [0.25, 0.3) is 5.75 Å². The summed E-state index contributed by atoms with van der Waals surface area (Å²) in [6.07, 6.45) is 0. The molecule has 0 atom stereocenters. The number of hydrogen-bond donors (Lipinski definition) is 0. The maximum absolute atomic E-state index is 12.8. The Bertz CT molecular complexity index is 1080. The summed E-state index contributed by atoms with van der Waals surface area (Å²) in [5.74, 6) is -0.206. The van der Waals surface area contributed by atoms with E-state index in [9.17, 15) is 9.00 Å². The second kappa shape index (κ2) is 8.84. The van der Waals surface area contributed by atoms with Gasteiger partial charge in [0.1, 0.15) is 0 Å². The second-order valence-corrected chi connectivity index (χ2v) is 10.6. The highest BCUT2D eigenvalue weighted by Crippen LogP contribution is 2.37. The van der Waals surface area contributed by atoms with Gasteiger partial charge in [-0.15, -0.1) is 0 Å². The van der Waals surface area contributed by atoms with Gasteiger partial charge in [0, 0.05) is 15.3 Å². The van der Waals surface area contributed by atoms with Gasteiger partial charge in [0.15, 0.2) is 0 Å². The molecule has 0 radical (unpaired) electrons. The van der Waals surface area contributed by atoms with Crippen LogP contribution in [0.3, 0.4) is 0 Å². The van der Waals surface area contributed by atoms with Crippen LogP contribution in [0.1, 0.15) is 63.0 Å². The van der Waals surface area contributed by atoms with Crippen LogP contribution in [0, 0.1) is 0 Å². The van der Waals surface area contributed by atoms with Gasteiger partial charge in [0.05, 0.1) is 0 Å². The lowest BCUT2D eigenvalue weighted by atomic mass is 9.83. The summed E-state index contributed by atoms with van der Waals surface area (Å²) in [5.41, 5.74) is 7.19. The van der Waals surface area contributed by atoms with Gasteiger partial charge < -0.3 is 0 Å². The SMILES string of the molecule is CC(C)(C)c1ccc(-c2cccc(C(=O)C[S+]=O)c2-c2ccc(C(C)(C)C)cc2)cc1. The van der Waals surface area contributed by atoms with E-state index in [-0.39, 0.29) is 22.4 Å². The standard InChI is InChI=1S/C28H31O2S/c1-27(2,3)21-14-10-19(11-15-21)23-8-7-9-24(25(29)18-31-30)26(23)20-12-16-22(17-13-20)28(4,5)6/h7-17H,18H2,1-6H3/q+1. The molecule has 160 valence electrons. The number of benzene rings is 3. The number of carbonyl (C=O) groups excluding carboxylic acids is 1. The van der Waals surface area contributed by atoms with E-state index in [2.05, 4.69) is 96.1 Å². The Kier molecular flexibility index (Phi) is 6.56. The van der Waals surface area contributed by atoms with Crippen molar-refractivity contribution in [3.8, 4) is 22.3 Å². The molecule has 0 saturated heterocycles. The molecule has 0 aliphatic carbocycles. The summed E-state index contributed by atoms with van der Waals surface area (Å²) in [5, 5.41) is 0. The van der Waals surface area contributed by atoms with E-state index in [0.717, 1.165) is 22.3 Å². The summed E-state index contributed by atoms with van der Waals surface area (Å²) in [7, 11) is 0. The van der Waals surface area contributed by atoms with Gasteiger partial charge in [-0.2, -0.15) is 0 Å². The number of hydrogen-bond acceptors (Lipinski definition) is 2. The molecule has 0 bridgehead atoms. The molecule has 3 aromatic rings. The lowest BCUT2D eigenvalue weighted by molar-refractivity contribution is 0.102. The third kappa shape index (κ3) is 5.16. The molecule has 0 aromatic heterocycles. The minimum Gasteiger partial charge on any atom is -0.288 e. The average molecular weight is 432 g/mol. The third-order valence-corrected chi connectivity index (χ3v) is 6.04. The average Bonchev–Trinajstić information content (AvgIpc) is 2.72. The predicted molar refractivity (Wildman–Crippen MR) is 132 cm³/mol. The Morgan fingerprint density at radius 1 is 0.710 bits per heavy atom. The van der Waals surface area contributed by atoms with Crippen molar-refractivity contribution in [2.45, 2.75) is 52.4 Å². The molecule has 3 rings (SSSR count). The van der Waals surface area contributed by atoms with Crippen LogP contribution in [0.4, 0.5) is 0 Å². The van der Waals surface area contributed by atoms with Crippen molar-refractivity contribution in [2.24, 2.45) is 0 Å². The van der Waals surface area contributed by atoms with Gasteiger partial charge >= 0.3 is 11.7 Å². The van der Waals surface area contributed by atoms with E-state index < -0.39 is 0 Å². The van der Waals surface area contributed by atoms with Gasteiger partial charge in [-0.3, -0.25) is 4.79 Å². The number of Topliss-reactive ketones (excluding diaryl/α,β-unsaturated/α-hetero) is 1. The van der Waals surface area contributed by atoms with Gasteiger partial charge in [-0.05, 0) is 38.6 Å². The molecular formula is C28H31O2S+. The molecule has 0 fully saturated rings. The molecule has 0 spiro atoms. The summed E-state index contributed by atoms with van der Waals surface area (Å²) >= 11 is 0.321. The van der Waals surface area contributed by atoms with Crippen molar-refractivity contribution >= 4 is 17.4 Å². The lowest BCUT2D eigenvalue weighted by Gasteiger charge is -2.21. The van der Waals surface area contributed by atoms with Gasteiger partial charge in [-0.25, -0.2) is 0 Å². The van der Waals surface area contributed by atoms with Crippen molar-refractivity contribution in [3.63, 3.8) is 0 Å². The molecule has 2 nitrogen and oxygen atoms in total. The molecule has 0 aliphatic heterocycles. The molecular weight excluding hydrogens is 400 g/mol. The summed E-state index contributed by atoms with van der Waals surface area (Å²) in [4.78, 5) is 12.8. The minimum atomic E-state index is -0.136. The zero-order chi connectivity index (χ0) is 22.8. The number of carbonyl (C=O) groups is 1. The minimum absolute atomic E-state index is 0.0542. The van der Waals surface area contributed by atoms with Crippen LogP contribution >= 0.6 is 0 Å². The van der Waals surface area contributed by atoms with E-state index in [0.29, 0.717) is 17.2 Å². The molecule has 31 heavy (non-hydrogen) atoms. The van der Waals surface area contributed by atoms with E-state index in [1.165, 1.54) is 11.1 Å². The lowest BCUT2D eigenvalue weighted by Crippen LogP contribution is -2.11. The van der Waals surface area contributed by atoms with E-state index in [4.69, 9.17) is 0 Å². The third-order valence-electron chi connectivity index (χ3n) is 5.66. The molecule has 0 amide bonds. The quantitative estimate of drug-likeness (QED) is 0.315. The van der Waals surface area contributed by atoms with E-state index >= 15 is 0 Å². The van der Waals surface area contributed by atoms with Gasteiger partial charge in [0.2, 0.25) is 5.78 Å². The maximum atomic E-state index is 12.8. The van der Waals surface area contributed by atoms with Crippen LogP contribution in [-0.2, 0) is 26.7 Å². The van der Waals surface area contributed by atoms with Crippen LogP contribution in [0.5, 0.6) is 0 Å². The van der Waals surface area contributed by atoms with Crippen LogP contribution < -0.4 is 0 Å². The molecule has 3 aromatic carbocycles. The Morgan fingerprint density at radius 2 is 1.19 bits per heavy atom. The zero-order valence-corrected chi connectivity index (χ0v) is 20.1. The topological polar surface area (TPSA) is 34.1 Å². The highest BCUT2D eigenvalue weighted by Gasteiger charge is 2.22. The molecule has 0 unspecified atom stereocenters. The Labute approximate surface area is 190 Å². The van der Waals surface area contributed by atoms with Crippen molar-refractivity contribution in [2.75, 3.05) is 5.75 Å². The Balaban J connectivity index is 2.19. The van der Waals surface area contributed by atoms with Gasteiger partial charge in [-0.1, -0.05) is 108 Å². The number of rotatable bonds is 5. The van der Waals surface area contributed by atoms with Crippen LogP contribution in [0.15, 0.2) is 66.7 Å². The predicted octanol–water partition coefficient (Wildman–Crippen LogP) is 7.23. The fourth-order valence-corrected chi connectivity index (χ4v) is 4.02. The summed E-state index contributed by atoms with van der Waals surface area (Å²) in [6, 6.07) is 22.8. The Hall–Kier alpha value is -2.65. The zero-order valence-electron chi connectivity index (χ0n) is 19.3. The smallest absolute Gasteiger partial charge is 0.288 e. The maximum Gasteiger partial charge on any atom is 0.467 e. The van der Waals surface area contributed by atoms with Crippen LogP contribution in [0.25, 0.3) is 22.3 Å². The van der Waals surface area contributed by atoms with Crippen molar-refractivity contribution in [1.82, 2.24) is 0 Å². The highest BCUT2D eigenvalue weighted by atomic mass is 32.1. The second-order valence-electron chi connectivity index (χ2n) is 10.1. The van der Waals surface area contributed by atoms with E-state index in [1.807, 2.05) is 12.1 Å². The van der Waals surface area contributed by atoms with Crippen LogP contribution in [0.2, 0.25) is 0 Å². The fraction of sp³-hybridized carbons (Fsp3) is 0.321. The molecule has 0 N–H and O–H groups in total. The monoisotopic (exact) mass is 431 g/mol. The first-order valence-electron chi connectivity index (χ1n) is 10.6. The highest BCUT2D eigenvalue weighted by molar-refractivity contribution is 7.66. The first kappa shape index (κ1) is 23.0. The molecule has 3 heteroatoms. The molecule has 0 saturated carbocycles. The largest absolute Gasteiger partial charge is 0.467 e. The first-order chi connectivity index (χ1) is 14.5. The Morgan fingerprint density at radius 3 is 1.65 bits per heavy atom. The summed E-state index contributed by atoms with van der Waals surface area (Å²) < 4.78 is 11.1. The van der Waals surface area contributed by atoms with E-state index in [1.54, 1.807) is 0 Å². The summed E-state index contributed by atoms with van der Waals surface area (Å²) in [6.45, 7) is 13.2.